The first-order valence-electron chi connectivity index (χ1n) is 11.1. The van der Waals surface area contributed by atoms with E-state index >= 15 is 0 Å². The monoisotopic (exact) mass is 436 g/mol. The van der Waals surface area contributed by atoms with Crippen molar-refractivity contribution in [2.75, 3.05) is 20.2 Å². The molecule has 32 heavy (non-hydrogen) atoms. The zero-order valence-electron chi connectivity index (χ0n) is 19.3. The molecule has 6 nitrogen and oxygen atoms in total. The number of benzene rings is 2. The highest BCUT2D eigenvalue weighted by molar-refractivity contribution is 5.99. The molecule has 2 aromatic carbocycles. The summed E-state index contributed by atoms with van der Waals surface area (Å²) in [6, 6.07) is 13.8. The van der Waals surface area contributed by atoms with Gasteiger partial charge in [-0.15, -0.1) is 0 Å². The van der Waals surface area contributed by atoms with Crippen molar-refractivity contribution in [2.45, 2.75) is 39.7 Å². The molecule has 170 valence electrons. The summed E-state index contributed by atoms with van der Waals surface area (Å²) in [4.78, 5) is 40.5. The van der Waals surface area contributed by atoms with Crippen LogP contribution in [0.5, 0.6) is 5.75 Å². The van der Waals surface area contributed by atoms with Crippen LogP contribution in [0, 0.1) is 18.8 Å². The minimum atomic E-state index is -0.599. The van der Waals surface area contributed by atoms with Crippen LogP contribution in [0.2, 0.25) is 0 Å². The van der Waals surface area contributed by atoms with E-state index in [1.54, 1.807) is 48.4 Å². The number of nitrogens with one attached hydrogen (secondary N) is 1. The fraction of sp³-hybridized carbons (Fsp3) is 0.423. The zero-order valence-corrected chi connectivity index (χ0v) is 19.3. The molecule has 1 aliphatic heterocycles. The second-order valence-corrected chi connectivity index (χ2v) is 8.75. The number of ether oxygens (including phenoxy) is 1. The topological polar surface area (TPSA) is 75.7 Å². The van der Waals surface area contributed by atoms with Gasteiger partial charge in [0.15, 0.2) is 5.78 Å². The quantitative estimate of drug-likeness (QED) is 0.669. The molecule has 0 spiro atoms. The molecule has 3 rings (SSSR count). The maximum atomic E-state index is 13.2. The molecule has 1 atom stereocenters. The molecular formula is C26H32N2O4. The Hall–Kier alpha value is -3.15. The van der Waals surface area contributed by atoms with Gasteiger partial charge in [0.25, 0.3) is 5.91 Å². The first-order chi connectivity index (χ1) is 15.3. The van der Waals surface area contributed by atoms with Crippen LogP contribution in [0.3, 0.4) is 0 Å². The molecular weight excluding hydrogens is 404 g/mol. The Labute approximate surface area is 189 Å². The summed E-state index contributed by atoms with van der Waals surface area (Å²) in [6.07, 6.45) is 1.24. The highest BCUT2D eigenvalue weighted by Crippen LogP contribution is 2.24. The molecule has 0 aliphatic carbocycles. The Morgan fingerprint density at radius 2 is 1.50 bits per heavy atom. The lowest BCUT2D eigenvalue weighted by Gasteiger charge is -2.35. The third kappa shape index (κ3) is 5.55. The van der Waals surface area contributed by atoms with Gasteiger partial charge in [-0.25, -0.2) is 0 Å². The number of nitrogens with zero attached hydrogens (tertiary/aromatic N) is 1. The summed E-state index contributed by atoms with van der Waals surface area (Å²) in [5, 5.41) is 2.91. The number of methoxy groups -OCH3 is 1. The summed E-state index contributed by atoms with van der Waals surface area (Å²) >= 11 is 0. The summed E-state index contributed by atoms with van der Waals surface area (Å²) in [5.74, 6) is 0.335. The molecule has 1 unspecified atom stereocenters. The lowest BCUT2D eigenvalue weighted by Crippen LogP contribution is -2.53. The number of Topliss-reactive ketones (excluding diaryl/α,β-unsaturated/α-hetero) is 1. The van der Waals surface area contributed by atoms with E-state index in [4.69, 9.17) is 4.74 Å². The minimum absolute atomic E-state index is 0.0458. The van der Waals surface area contributed by atoms with Gasteiger partial charge in [0, 0.05) is 30.1 Å². The van der Waals surface area contributed by atoms with Gasteiger partial charge in [-0.2, -0.15) is 0 Å². The Morgan fingerprint density at radius 1 is 0.938 bits per heavy atom. The molecule has 0 saturated carbocycles. The number of likely N-dealkylation sites (tertiary alicyclic amines) is 1. The maximum absolute atomic E-state index is 13.2. The molecule has 0 radical (unpaired) electrons. The number of aryl methyl sites for hydroxylation is 1. The number of carbonyl (C=O) groups excluding carboxylic acids is 3. The van der Waals surface area contributed by atoms with Crippen LogP contribution in [0.4, 0.5) is 0 Å². The van der Waals surface area contributed by atoms with Crippen molar-refractivity contribution < 1.29 is 19.1 Å². The van der Waals surface area contributed by atoms with E-state index in [9.17, 15) is 14.4 Å². The molecule has 0 bridgehead atoms. The van der Waals surface area contributed by atoms with E-state index in [1.165, 1.54) is 0 Å². The van der Waals surface area contributed by atoms with Crippen LogP contribution in [0.15, 0.2) is 48.5 Å². The molecule has 6 heteroatoms. The second-order valence-electron chi connectivity index (χ2n) is 8.75. The van der Waals surface area contributed by atoms with Crippen molar-refractivity contribution in [1.82, 2.24) is 10.2 Å². The predicted octanol–water partition coefficient (Wildman–Crippen LogP) is 3.88. The van der Waals surface area contributed by atoms with Crippen molar-refractivity contribution in [3.8, 4) is 5.75 Å². The van der Waals surface area contributed by atoms with Crippen molar-refractivity contribution in [3.05, 3.63) is 65.2 Å². The molecule has 0 aromatic heterocycles. The van der Waals surface area contributed by atoms with Gasteiger partial charge in [0.05, 0.1) is 7.11 Å². The van der Waals surface area contributed by atoms with Crippen LogP contribution >= 0.6 is 0 Å². The van der Waals surface area contributed by atoms with E-state index in [1.807, 2.05) is 32.9 Å². The molecule has 2 amide bonds. The van der Waals surface area contributed by atoms with Gasteiger partial charge in [-0.1, -0.05) is 31.5 Å². The van der Waals surface area contributed by atoms with E-state index < -0.39 is 6.04 Å². The van der Waals surface area contributed by atoms with Gasteiger partial charge < -0.3 is 15.0 Å². The lowest BCUT2D eigenvalue weighted by molar-refractivity contribution is -0.135. The number of piperidine rings is 1. The Balaban J connectivity index is 1.59. The van der Waals surface area contributed by atoms with Crippen LogP contribution in [-0.4, -0.2) is 48.7 Å². The normalized spacial score (nSPS) is 15.3. The number of amides is 2. The highest BCUT2D eigenvalue weighted by Gasteiger charge is 2.33. The van der Waals surface area contributed by atoms with Gasteiger partial charge in [-0.05, 0) is 62.1 Å². The van der Waals surface area contributed by atoms with Gasteiger partial charge >= 0.3 is 0 Å². The first kappa shape index (κ1) is 23.5. The van der Waals surface area contributed by atoms with Gasteiger partial charge in [-0.3, -0.25) is 14.4 Å². The van der Waals surface area contributed by atoms with E-state index in [0.29, 0.717) is 37.1 Å². The average molecular weight is 437 g/mol. The summed E-state index contributed by atoms with van der Waals surface area (Å²) < 4.78 is 5.15. The van der Waals surface area contributed by atoms with Gasteiger partial charge in [0.2, 0.25) is 5.91 Å². The standard InChI is InChI=1S/C26H32N2O4/c1-17(2)23(27-25(30)21-7-5-18(3)6-8-21)26(31)28-15-13-20(14-16-28)24(29)19-9-11-22(32-4)12-10-19/h5-12,17,20,23H,13-16H2,1-4H3,(H,27,30). The Kier molecular flexibility index (Phi) is 7.67. The van der Waals surface area contributed by atoms with Crippen LogP contribution in [-0.2, 0) is 4.79 Å². The Morgan fingerprint density at radius 3 is 2.03 bits per heavy atom. The molecule has 1 fully saturated rings. The predicted molar refractivity (Wildman–Crippen MR) is 124 cm³/mol. The average Bonchev–Trinajstić information content (AvgIpc) is 2.82. The number of rotatable bonds is 7. The van der Waals surface area contributed by atoms with Crippen LogP contribution in [0.1, 0.15) is 53.0 Å². The zero-order chi connectivity index (χ0) is 23.3. The largest absolute Gasteiger partial charge is 0.497 e. The fourth-order valence-electron chi connectivity index (χ4n) is 3.99. The fourth-order valence-corrected chi connectivity index (χ4v) is 3.99. The Bertz CT molecular complexity index is 943. The third-order valence-electron chi connectivity index (χ3n) is 6.09. The first-order valence-corrected chi connectivity index (χ1v) is 11.1. The SMILES string of the molecule is COc1ccc(C(=O)C2CCN(C(=O)C(NC(=O)c3ccc(C)cc3)C(C)C)CC2)cc1. The lowest BCUT2D eigenvalue weighted by atomic mass is 9.88. The number of ketones is 1. The maximum Gasteiger partial charge on any atom is 0.251 e. The number of hydrogen-bond donors (Lipinski definition) is 1. The van der Waals surface area contributed by atoms with Crippen molar-refractivity contribution in [2.24, 2.45) is 11.8 Å². The summed E-state index contributed by atoms with van der Waals surface area (Å²) in [7, 11) is 1.59. The van der Waals surface area contributed by atoms with Crippen LogP contribution in [0.25, 0.3) is 0 Å². The molecule has 1 aliphatic rings. The summed E-state index contributed by atoms with van der Waals surface area (Å²) in [5.41, 5.74) is 2.28. The highest BCUT2D eigenvalue weighted by atomic mass is 16.5. The summed E-state index contributed by atoms with van der Waals surface area (Å²) in [6.45, 7) is 6.84. The smallest absolute Gasteiger partial charge is 0.251 e. The molecule has 1 N–H and O–H groups in total. The number of hydrogen-bond acceptors (Lipinski definition) is 4. The van der Waals surface area contributed by atoms with Crippen molar-refractivity contribution >= 4 is 17.6 Å². The molecule has 1 heterocycles. The van der Waals surface area contributed by atoms with Crippen molar-refractivity contribution in [1.29, 1.82) is 0 Å². The number of carbonyl (C=O) groups is 3. The van der Waals surface area contributed by atoms with Gasteiger partial charge in [0.1, 0.15) is 11.8 Å². The van der Waals surface area contributed by atoms with E-state index in [-0.39, 0.29) is 29.4 Å². The second kappa shape index (κ2) is 10.4. The molecule has 2 aromatic rings. The van der Waals surface area contributed by atoms with E-state index in [0.717, 1.165) is 11.3 Å². The van der Waals surface area contributed by atoms with Crippen LogP contribution < -0.4 is 10.1 Å². The van der Waals surface area contributed by atoms with E-state index in [2.05, 4.69) is 5.32 Å². The minimum Gasteiger partial charge on any atom is -0.497 e. The van der Waals surface area contributed by atoms with Crippen molar-refractivity contribution in [3.63, 3.8) is 0 Å². The molecule has 1 saturated heterocycles. The third-order valence-corrected chi connectivity index (χ3v) is 6.09.